The first kappa shape index (κ1) is 18.5. The first-order valence-corrected chi connectivity index (χ1v) is 8.94. The number of amides is 1. The monoisotopic (exact) mass is 365 g/mol. The molecule has 3 N–H and O–H groups in total. The second kappa shape index (κ2) is 8.40. The Bertz CT molecular complexity index is 920. The molecule has 0 saturated carbocycles. The van der Waals surface area contributed by atoms with Gasteiger partial charge in [0.1, 0.15) is 17.2 Å². The molecule has 0 aliphatic heterocycles. The van der Waals surface area contributed by atoms with E-state index in [0.29, 0.717) is 23.5 Å². The minimum absolute atomic E-state index is 0.120. The molecule has 6 nitrogen and oxygen atoms in total. The Hall–Kier alpha value is -3.28. The lowest BCUT2D eigenvalue weighted by molar-refractivity contribution is 0.0945. The van der Waals surface area contributed by atoms with Crippen LogP contribution in [0, 0.1) is 0 Å². The highest BCUT2D eigenvalue weighted by Crippen LogP contribution is 2.27. The number of carbonyl (C=O) groups is 1. The zero-order valence-electron chi connectivity index (χ0n) is 15.4. The van der Waals surface area contributed by atoms with Crippen LogP contribution in [-0.4, -0.2) is 27.3 Å². The number of aromatic amines is 1. The predicted octanol–water partition coefficient (Wildman–Crippen LogP) is 3.89. The number of phenolic OH excluding ortho intramolecular Hbond substituents is 1. The fraction of sp³-hybridized carbons (Fsp3) is 0.238. The van der Waals surface area contributed by atoms with Crippen molar-refractivity contribution < 1.29 is 14.6 Å². The van der Waals surface area contributed by atoms with Gasteiger partial charge in [0.05, 0.1) is 11.8 Å². The molecule has 1 heterocycles. The molecule has 0 bridgehead atoms. The van der Waals surface area contributed by atoms with Crippen LogP contribution < -0.4 is 10.1 Å². The van der Waals surface area contributed by atoms with E-state index in [2.05, 4.69) is 22.4 Å². The maximum Gasteiger partial charge on any atom is 0.269 e. The Kier molecular flexibility index (Phi) is 5.76. The molecule has 3 aromatic rings. The number of aromatic hydroxyl groups is 1. The van der Waals surface area contributed by atoms with E-state index in [1.807, 2.05) is 31.2 Å². The van der Waals surface area contributed by atoms with E-state index in [1.54, 1.807) is 30.3 Å². The van der Waals surface area contributed by atoms with Crippen molar-refractivity contribution in [3.05, 3.63) is 65.9 Å². The van der Waals surface area contributed by atoms with E-state index in [1.165, 1.54) is 0 Å². The third-order valence-electron chi connectivity index (χ3n) is 4.27. The Labute approximate surface area is 158 Å². The zero-order chi connectivity index (χ0) is 19.2. The predicted molar refractivity (Wildman–Crippen MR) is 104 cm³/mol. The molecule has 1 atom stereocenters. The van der Waals surface area contributed by atoms with Gasteiger partial charge in [0.2, 0.25) is 0 Å². The van der Waals surface area contributed by atoms with E-state index in [9.17, 15) is 9.90 Å². The molecule has 1 aromatic heterocycles. The number of hydrogen-bond acceptors (Lipinski definition) is 4. The summed E-state index contributed by atoms with van der Waals surface area (Å²) < 4.78 is 5.81. The Morgan fingerprint density at radius 3 is 2.81 bits per heavy atom. The summed E-state index contributed by atoms with van der Waals surface area (Å²) in [4.78, 5) is 12.4. The van der Waals surface area contributed by atoms with Gasteiger partial charge in [-0.3, -0.25) is 9.89 Å². The maximum atomic E-state index is 12.4. The number of para-hydroxylation sites is 1. The first-order valence-electron chi connectivity index (χ1n) is 8.94. The lowest BCUT2D eigenvalue weighted by Gasteiger charge is -2.13. The van der Waals surface area contributed by atoms with Crippen LogP contribution in [0.4, 0.5) is 0 Å². The summed E-state index contributed by atoms with van der Waals surface area (Å²) in [5.74, 6) is 0.644. The number of carbonyl (C=O) groups excluding carboxylic acids is 1. The number of ether oxygens (including phenoxy) is 1. The SMILES string of the molecule is CC[C@H](C)Oc1cccc(CNC(=O)c2cc(-c3ccccc3O)n[nH]2)c1. The average molecular weight is 365 g/mol. The molecule has 27 heavy (non-hydrogen) atoms. The zero-order valence-corrected chi connectivity index (χ0v) is 15.4. The molecule has 0 unspecified atom stereocenters. The van der Waals surface area contributed by atoms with Crippen molar-refractivity contribution in [3.8, 4) is 22.8 Å². The molecule has 6 heteroatoms. The summed E-state index contributed by atoms with van der Waals surface area (Å²) in [6, 6.07) is 16.2. The highest BCUT2D eigenvalue weighted by molar-refractivity contribution is 5.93. The number of nitrogens with zero attached hydrogens (tertiary/aromatic N) is 1. The lowest BCUT2D eigenvalue weighted by Crippen LogP contribution is -2.23. The van der Waals surface area contributed by atoms with Crippen molar-refractivity contribution in [2.45, 2.75) is 32.9 Å². The number of H-pyrrole nitrogens is 1. The molecule has 0 saturated heterocycles. The molecule has 2 aromatic carbocycles. The minimum atomic E-state index is -0.266. The van der Waals surface area contributed by atoms with Crippen molar-refractivity contribution in [2.24, 2.45) is 0 Å². The summed E-state index contributed by atoms with van der Waals surface area (Å²) in [6.45, 7) is 4.47. The van der Waals surface area contributed by atoms with Crippen LogP contribution >= 0.6 is 0 Å². The van der Waals surface area contributed by atoms with Gasteiger partial charge in [0, 0.05) is 12.1 Å². The van der Waals surface area contributed by atoms with Crippen LogP contribution in [0.15, 0.2) is 54.6 Å². The van der Waals surface area contributed by atoms with Gasteiger partial charge >= 0.3 is 0 Å². The number of nitrogens with one attached hydrogen (secondary N) is 2. The van der Waals surface area contributed by atoms with Crippen LogP contribution in [0.25, 0.3) is 11.3 Å². The van der Waals surface area contributed by atoms with Crippen LogP contribution in [0.3, 0.4) is 0 Å². The molecular formula is C21H23N3O3. The highest BCUT2D eigenvalue weighted by Gasteiger charge is 2.13. The van der Waals surface area contributed by atoms with Gasteiger partial charge in [-0.25, -0.2) is 0 Å². The van der Waals surface area contributed by atoms with Gasteiger partial charge < -0.3 is 15.2 Å². The third kappa shape index (κ3) is 4.67. The van der Waals surface area contributed by atoms with E-state index in [4.69, 9.17) is 4.74 Å². The van der Waals surface area contributed by atoms with Crippen LogP contribution in [-0.2, 0) is 6.54 Å². The molecule has 0 fully saturated rings. The lowest BCUT2D eigenvalue weighted by atomic mass is 10.1. The second-order valence-corrected chi connectivity index (χ2v) is 6.35. The van der Waals surface area contributed by atoms with Crippen molar-refractivity contribution in [1.82, 2.24) is 15.5 Å². The number of hydrogen-bond donors (Lipinski definition) is 3. The third-order valence-corrected chi connectivity index (χ3v) is 4.27. The molecule has 1 amide bonds. The van der Waals surface area contributed by atoms with Gasteiger partial charge in [-0.05, 0) is 49.2 Å². The van der Waals surface area contributed by atoms with Crippen molar-refractivity contribution in [2.75, 3.05) is 0 Å². The minimum Gasteiger partial charge on any atom is -0.507 e. The standard InChI is InChI=1S/C21H23N3O3/c1-3-14(2)27-16-8-6-7-15(11-16)13-22-21(26)19-12-18(23-24-19)17-9-4-5-10-20(17)25/h4-12,14,25H,3,13H2,1-2H3,(H,22,26)(H,23,24)/t14-/m0/s1. The molecule has 0 spiro atoms. The number of aromatic nitrogens is 2. The van der Waals surface area contributed by atoms with Crippen molar-refractivity contribution >= 4 is 5.91 Å². The van der Waals surface area contributed by atoms with Crippen molar-refractivity contribution in [1.29, 1.82) is 0 Å². The van der Waals surface area contributed by atoms with E-state index in [0.717, 1.165) is 17.7 Å². The van der Waals surface area contributed by atoms with E-state index in [-0.39, 0.29) is 17.8 Å². The maximum absolute atomic E-state index is 12.4. The Morgan fingerprint density at radius 1 is 1.22 bits per heavy atom. The Balaban J connectivity index is 1.63. The second-order valence-electron chi connectivity index (χ2n) is 6.35. The fourth-order valence-corrected chi connectivity index (χ4v) is 2.59. The van der Waals surface area contributed by atoms with E-state index < -0.39 is 0 Å². The first-order chi connectivity index (χ1) is 13.1. The van der Waals surface area contributed by atoms with Crippen molar-refractivity contribution in [3.63, 3.8) is 0 Å². The Morgan fingerprint density at radius 2 is 2.04 bits per heavy atom. The van der Waals surface area contributed by atoms with Gasteiger partial charge in [-0.15, -0.1) is 0 Å². The summed E-state index contributed by atoms with van der Waals surface area (Å²) in [7, 11) is 0. The van der Waals surface area contributed by atoms with Gasteiger partial charge in [0.15, 0.2) is 0 Å². The average Bonchev–Trinajstić information content (AvgIpc) is 3.16. The summed E-state index contributed by atoms with van der Waals surface area (Å²) in [5, 5.41) is 19.6. The molecule has 0 aliphatic rings. The largest absolute Gasteiger partial charge is 0.507 e. The molecule has 0 aliphatic carbocycles. The van der Waals surface area contributed by atoms with Crippen LogP contribution in [0.2, 0.25) is 0 Å². The smallest absolute Gasteiger partial charge is 0.269 e. The van der Waals surface area contributed by atoms with Gasteiger partial charge in [-0.1, -0.05) is 31.2 Å². The molecule has 3 rings (SSSR count). The topological polar surface area (TPSA) is 87.2 Å². The molecule has 140 valence electrons. The van der Waals surface area contributed by atoms with E-state index >= 15 is 0 Å². The van der Waals surface area contributed by atoms with Gasteiger partial charge in [0.25, 0.3) is 5.91 Å². The fourth-order valence-electron chi connectivity index (χ4n) is 2.59. The van der Waals surface area contributed by atoms with Crippen LogP contribution in [0.5, 0.6) is 11.5 Å². The number of rotatable bonds is 7. The quantitative estimate of drug-likeness (QED) is 0.593. The summed E-state index contributed by atoms with van der Waals surface area (Å²) in [5.41, 5.74) is 2.37. The van der Waals surface area contributed by atoms with Gasteiger partial charge in [-0.2, -0.15) is 5.10 Å². The number of benzene rings is 2. The molecular weight excluding hydrogens is 342 g/mol. The summed E-state index contributed by atoms with van der Waals surface area (Å²) in [6.07, 6.45) is 1.08. The summed E-state index contributed by atoms with van der Waals surface area (Å²) >= 11 is 0. The van der Waals surface area contributed by atoms with Crippen LogP contribution in [0.1, 0.15) is 36.3 Å². The molecule has 0 radical (unpaired) electrons. The normalized spacial score (nSPS) is 11.8. The number of phenols is 1. The highest BCUT2D eigenvalue weighted by atomic mass is 16.5.